The van der Waals surface area contributed by atoms with Crippen LogP contribution < -0.4 is 5.32 Å². The van der Waals surface area contributed by atoms with E-state index in [-0.39, 0.29) is 0 Å². The first-order chi connectivity index (χ1) is 12.9. The molecule has 0 aliphatic rings. The van der Waals surface area contributed by atoms with Gasteiger partial charge in [-0.3, -0.25) is 4.68 Å². The van der Waals surface area contributed by atoms with Gasteiger partial charge in [-0.15, -0.1) is 0 Å². The summed E-state index contributed by atoms with van der Waals surface area (Å²) in [5.41, 5.74) is 2.97. The van der Waals surface area contributed by atoms with Gasteiger partial charge in [0.05, 0.1) is 0 Å². The molecule has 0 unspecified atom stereocenters. The molecule has 0 atom stereocenters. The summed E-state index contributed by atoms with van der Waals surface area (Å²) in [6.45, 7) is 0. The molecule has 0 bridgehead atoms. The van der Waals surface area contributed by atoms with Crippen molar-refractivity contribution in [2.75, 3.05) is 12.4 Å². The van der Waals surface area contributed by atoms with E-state index in [1.165, 1.54) is 16.7 Å². The Bertz CT molecular complexity index is 863. The van der Waals surface area contributed by atoms with Crippen molar-refractivity contribution in [1.82, 2.24) is 9.78 Å². The Morgan fingerprint density at radius 3 is 1.42 bits per heavy atom. The zero-order valence-electron chi connectivity index (χ0n) is 14.7. The molecule has 4 aromatic rings. The maximum atomic E-state index is 4.84. The lowest BCUT2D eigenvalue weighted by Gasteiger charge is -2.36. The molecule has 3 aromatic carbocycles. The Hall–Kier alpha value is -3.33. The van der Waals surface area contributed by atoms with E-state index >= 15 is 0 Å². The number of nitrogens with one attached hydrogen (secondary N) is 1. The normalized spacial score (nSPS) is 11.3. The summed E-state index contributed by atoms with van der Waals surface area (Å²) in [5, 5.41) is 7.98. The van der Waals surface area contributed by atoms with Gasteiger partial charge in [0, 0.05) is 19.3 Å². The predicted octanol–water partition coefficient (Wildman–Crippen LogP) is 4.77. The van der Waals surface area contributed by atoms with Crippen LogP contribution in [0.5, 0.6) is 0 Å². The van der Waals surface area contributed by atoms with Gasteiger partial charge >= 0.3 is 0 Å². The van der Waals surface area contributed by atoms with Crippen molar-refractivity contribution in [3.63, 3.8) is 0 Å². The Kier molecular flexibility index (Phi) is 4.28. The first-order valence-electron chi connectivity index (χ1n) is 8.76. The molecule has 0 aliphatic carbocycles. The van der Waals surface area contributed by atoms with Crippen LogP contribution in [0.2, 0.25) is 0 Å². The molecular formula is C23H21N3. The van der Waals surface area contributed by atoms with E-state index < -0.39 is 5.54 Å². The largest absolute Gasteiger partial charge is 0.372 e. The van der Waals surface area contributed by atoms with Gasteiger partial charge in [0.15, 0.2) is 0 Å². The van der Waals surface area contributed by atoms with Gasteiger partial charge in [0.1, 0.15) is 11.4 Å². The highest BCUT2D eigenvalue weighted by molar-refractivity contribution is 5.51. The fraction of sp³-hybridized carbons (Fsp3) is 0.0870. The van der Waals surface area contributed by atoms with Crippen LogP contribution in [0, 0.1) is 0 Å². The third kappa shape index (κ3) is 2.58. The van der Waals surface area contributed by atoms with Crippen molar-refractivity contribution in [2.24, 2.45) is 0 Å². The van der Waals surface area contributed by atoms with Crippen molar-refractivity contribution in [1.29, 1.82) is 0 Å². The Labute approximate surface area is 153 Å². The van der Waals surface area contributed by atoms with E-state index in [1.54, 1.807) is 0 Å². The van der Waals surface area contributed by atoms with Crippen LogP contribution in [0.4, 0.5) is 5.82 Å². The molecule has 0 fully saturated rings. The van der Waals surface area contributed by atoms with Gasteiger partial charge in [-0.2, -0.15) is 5.10 Å². The van der Waals surface area contributed by atoms with Crippen molar-refractivity contribution in [2.45, 2.75) is 5.54 Å². The summed E-state index contributed by atoms with van der Waals surface area (Å²) < 4.78 is 2.05. The fourth-order valence-electron chi connectivity index (χ4n) is 3.58. The highest BCUT2D eigenvalue weighted by Gasteiger charge is 2.39. The van der Waals surface area contributed by atoms with Crippen LogP contribution in [0.15, 0.2) is 103 Å². The summed E-state index contributed by atoms with van der Waals surface area (Å²) in [6.07, 6.45) is 2.04. The van der Waals surface area contributed by atoms with E-state index in [9.17, 15) is 0 Å². The van der Waals surface area contributed by atoms with E-state index in [2.05, 4.69) is 82.8 Å². The van der Waals surface area contributed by atoms with Crippen molar-refractivity contribution in [3.8, 4) is 0 Å². The molecular weight excluding hydrogens is 318 g/mol. The Morgan fingerprint density at radius 2 is 1.08 bits per heavy atom. The molecule has 1 N–H and O–H groups in total. The molecule has 1 aromatic heterocycles. The minimum atomic E-state index is -0.543. The maximum absolute atomic E-state index is 4.84. The highest BCUT2D eigenvalue weighted by atomic mass is 15.3. The van der Waals surface area contributed by atoms with Crippen LogP contribution in [0.3, 0.4) is 0 Å². The van der Waals surface area contributed by atoms with Crippen LogP contribution in [0.1, 0.15) is 16.7 Å². The van der Waals surface area contributed by atoms with Crippen molar-refractivity contribution < 1.29 is 0 Å². The molecule has 128 valence electrons. The summed E-state index contributed by atoms with van der Waals surface area (Å²) in [4.78, 5) is 0. The topological polar surface area (TPSA) is 29.9 Å². The molecule has 0 radical (unpaired) electrons. The second-order valence-corrected chi connectivity index (χ2v) is 6.20. The van der Waals surface area contributed by atoms with Gasteiger partial charge in [-0.25, -0.2) is 0 Å². The number of hydrogen-bond acceptors (Lipinski definition) is 2. The molecule has 0 spiro atoms. The fourth-order valence-corrected chi connectivity index (χ4v) is 3.58. The molecule has 0 amide bonds. The van der Waals surface area contributed by atoms with Gasteiger partial charge < -0.3 is 5.32 Å². The first-order valence-corrected chi connectivity index (χ1v) is 8.76. The van der Waals surface area contributed by atoms with Crippen molar-refractivity contribution >= 4 is 5.82 Å². The van der Waals surface area contributed by atoms with E-state index in [0.717, 1.165) is 5.82 Å². The second kappa shape index (κ2) is 6.89. The molecule has 3 nitrogen and oxygen atoms in total. The molecule has 0 saturated heterocycles. The average Bonchev–Trinajstić information content (AvgIpc) is 3.21. The lowest BCUT2D eigenvalue weighted by Crippen LogP contribution is -2.38. The SMILES string of the molecule is CNc1ccn(C(c2ccccc2)(c2ccccc2)c2ccccc2)n1. The second-order valence-electron chi connectivity index (χ2n) is 6.20. The quantitative estimate of drug-likeness (QED) is 0.531. The maximum Gasteiger partial charge on any atom is 0.147 e. The number of nitrogens with zero attached hydrogens (tertiary/aromatic N) is 2. The minimum Gasteiger partial charge on any atom is -0.372 e. The molecule has 0 aliphatic heterocycles. The summed E-state index contributed by atoms with van der Waals surface area (Å²) in [5.74, 6) is 0.845. The molecule has 3 heteroatoms. The van der Waals surface area contributed by atoms with Crippen molar-refractivity contribution in [3.05, 3.63) is 120 Å². The number of hydrogen-bond donors (Lipinski definition) is 1. The van der Waals surface area contributed by atoms with Gasteiger partial charge in [-0.1, -0.05) is 91.0 Å². The van der Waals surface area contributed by atoms with E-state index in [0.29, 0.717) is 0 Å². The summed E-state index contributed by atoms with van der Waals surface area (Å²) in [6, 6.07) is 33.6. The molecule has 1 heterocycles. The molecule has 0 saturated carbocycles. The Balaban J connectivity index is 2.10. The first kappa shape index (κ1) is 16.2. The predicted molar refractivity (Wildman–Crippen MR) is 106 cm³/mol. The average molecular weight is 339 g/mol. The van der Waals surface area contributed by atoms with E-state index in [4.69, 9.17) is 5.10 Å². The monoisotopic (exact) mass is 339 g/mol. The summed E-state index contributed by atoms with van der Waals surface area (Å²) in [7, 11) is 1.89. The van der Waals surface area contributed by atoms with Gasteiger partial charge in [0.25, 0.3) is 0 Å². The standard InChI is InChI=1S/C23H21N3/c1-24-22-17-18-26(25-22)23(19-11-5-2-6-12-19,20-13-7-3-8-14-20)21-15-9-4-10-16-21/h2-18H,1H3,(H,24,25). The van der Waals surface area contributed by atoms with Crippen LogP contribution in [-0.4, -0.2) is 16.8 Å². The van der Waals surface area contributed by atoms with Crippen LogP contribution >= 0.6 is 0 Å². The minimum absolute atomic E-state index is 0.543. The number of rotatable bonds is 5. The van der Waals surface area contributed by atoms with E-state index in [1.807, 2.05) is 37.5 Å². The molecule has 4 rings (SSSR count). The number of benzene rings is 3. The third-order valence-electron chi connectivity index (χ3n) is 4.76. The van der Waals surface area contributed by atoms with Gasteiger partial charge in [0.2, 0.25) is 0 Å². The lowest BCUT2D eigenvalue weighted by molar-refractivity contribution is 0.461. The zero-order valence-corrected chi connectivity index (χ0v) is 14.7. The Morgan fingerprint density at radius 1 is 0.654 bits per heavy atom. The van der Waals surface area contributed by atoms with Crippen LogP contribution in [0.25, 0.3) is 0 Å². The molecule has 26 heavy (non-hydrogen) atoms. The number of anilines is 1. The highest BCUT2D eigenvalue weighted by Crippen LogP contribution is 2.40. The van der Waals surface area contributed by atoms with Gasteiger partial charge in [-0.05, 0) is 16.7 Å². The lowest BCUT2D eigenvalue weighted by atomic mass is 9.77. The number of aromatic nitrogens is 2. The third-order valence-corrected chi connectivity index (χ3v) is 4.76. The smallest absolute Gasteiger partial charge is 0.147 e. The van der Waals surface area contributed by atoms with Crippen LogP contribution in [-0.2, 0) is 5.54 Å². The summed E-state index contributed by atoms with van der Waals surface area (Å²) >= 11 is 0. The zero-order chi connectivity index (χ0) is 17.8.